The van der Waals surface area contributed by atoms with Gasteiger partial charge in [-0.2, -0.15) is 0 Å². The van der Waals surface area contributed by atoms with Crippen LogP contribution in [0.3, 0.4) is 0 Å². The Hall–Kier alpha value is -4.31. The van der Waals surface area contributed by atoms with Crippen molar-refractivity contribution in [1.82, 2.24) is 20.0 Å². The Morgan fingerprint density at radius 2 is 1.50 bits per heavy atom. The van der Waals surface area contributed by atoms with Gasteiger partial charge < -0.3 is 0 Å². The molecule has 2 aromatic heterocycles. The minimum atomic E-state index is 0.659. The predicted octanol–water partition coefficient (Wildman–Crippen LogP) is 7.16. The van der Waals surface area contributed by atoms with E-state index in [-0.39, 0.29) is 0 Å². The van der Waals surface area contributed by atoms with Crippen LogP contribution in [0.5, 0.6) is 0 Å². The summed E-state index contributed by atoms with van der Waals surface area (Å²) < 4.78 is 1.94. The molecule has 0 saturated carbocycles. The van der Waals surface area contributed by atoms with Crippen LogP contribution in [0.25, 0.3) is 44.1 Å². The number of benzene rings is 4. The molecular formula is C32H26N4. The van der Waals surface area contributed by atoms with Crippen molar-refractivity contribution in [1.29, 1.82) is 0 Å². The van der Waals surface area contributed by atoms with E-state index in [1.165, 1.54) is 43.8 Å². The lowest BCUT2D eigenvalue weighted by molar-refractivity contribution is 0.644. The molecule has 0 saturated heterocycles. The summed E-state index contributed by atoms with van der Waals surface area (Å²) in [5, 5.41) is 14.0. The second-order valence-electron chi connectivity index (χ2n) is 9.74. The van der Waals surface area contributed by atoms with Crippen LogP contribution in [0.1, 0.15) is 28.8 Å². The van der Waals surface area contributed by atoms with Gasteiger partial charge in [-0.3, -0.25) is 4.98 Å². The number of hydrogen-bond donors (Lipinski definition) is 0. The summed E-state index contributed by atoms with van der Waals surface area (Å²) in [6.45, 7) is 2.77. The lowest BCUT2D eigenvalue weighted by Gasteiger charge is -2.13. The minimum Gasteiger partial charge on any atom is -0.252 e. The van der Waals surface area contributed by atoms with Crippen LogP contribution in [0, 0.1) is 6.92 Å². The standard InChI is InChI=1S/C32H26N4/c1-21-25(17-24-12-8-11-22-9-2-5-14-27(22)32(24)33-21)19-36-20-31(34-35-36)30-18-23-10-3-4-13-26(23)28-15-6-7-16-29(28)30/h2-7,9-10,13-18,20H,8,11-12,19H2,1H3. The number of hydrogen-bond acceptors (Lipinski definition) is 3. The first-order chi connectivity index (χ1) is 17.7. The quantitative estimate of drug-likeness (QED) is 0.260. The molecule has 2 heterocycles. The smallest absolute Gasteiger partial charge is 0.113 e. The van der Waals surface area contributed by atoms with Crippen molar-refractivity contribution in [2.24, 2.45) is 0 Å². The monoisotopic (exact) mass is 466 g/mol. The molecule has 4 nitrogen and oxygen atoms in total. The summed E-state index contributed by atoms with van der Waals surface area (Å²) in [5.74, 6) is 0. The molecule has 0 atom stereocenters. The highest BCUT2D eigenvalue weighted by Gasteiger charge is 2.18. The zero-order valence-corrected chi connectivity index (χ0v) is 20.3. The van der Waals surface area contributed by atoms with Gasteiger partial charge in [0, 0.05) is 16.8 Å². The summed E-state index contributed by atoms with van der Waals surface area (Å²) in [4.78, 5) is 5.09. The first kappa shape index (κ1) is 21.0. The summed E-state index contributed by atoms with van der Waals surface area (Å²) in [7, 11) is 0. The Morgan fingerprint density at radius 3 is 2.42 bits per heavy atom. The molecule has 0 spiro atoms. The maximum atomic E-state index is 5.09. The van der Waals surface area contributed by atoms with Gasteiger partial charge in [-0.05, 0) is 76.6 Å². The van der Waals surface area contributed by atoms with E-state index in [4.69, 9.17) is 4.98 Å². The molecule has 0 bridgehead atoms. The molecule has 0 fully saturated rings. The van der Waals surface area contributed by atoms with Crippen LogP contribution in [0.4, 0.5) is 0 Å². The Labute approximate surface area is 210 Å². The first-order valence-corrected chi connectivity index (χ1v) is 12.6. The molecule has 174 valence electrons. The van der Waals surface area contributed by atoms with Crippen LogP contribution in [-0.4, -0.2) is 20.0 Å². The SMILES string of the molecule is Cc1nc2c(cc1Cn1cc(-c3cc4ccccc4c4ccccc34)nn1)CCCc1ccccc1-2. The molecule has 4 heteroatoms. The van der Waals surface area contributed by atoms with Crippen LogP contribution < -0.4 is 0 Å². The highest BCUT2D eigenvalue weighted by atomic mass is 15.4. The van der Waals surface area contributed by atoms with Crippen LogP contribution in [0.2, 0.25) is 0 Å². The molecule has 4 aromatic carbocycles. The predicted molar refractivity (Wildman–Crippen MR) is 146 cm³/mol. The lowest BCUT2D eigenvalue weighted by Crippen LogP contribution is -2.06. The Balaban J connectivity index is 1.27. The zero-order chi connectivity index (χ0) is 24.1. The van der Waals surface area contributed by atoms with E-state index >= 15 is 0 Å². The Bertz CT molecular complexity index is 1760. The fourth-order valence-electron chi connectivity index (χ4n) is 5.66. The third-order valence-corrected chi connectivity index (χ3v) is 7.48. The average Bonchev–Trinajstić information content (AvgIpc) is 3.31. The molecule has 0 N–H and O–H groups in total. The second kappa shape index (κ2) is 8.42. The molecule has 1 aliphatic rings. The number of aryl methyl sites for hydroxylation is 3. The van der Waals surface area contributed by atoms with Gasteiger partial charge in [0.1, 0.15) is 5.69 Å². The summed E-state index contributed by atoms with van der Waals surface area (Å²) >= 11 is 0. The van der Waals surface area contributed by atoms with Gasteiger partial charge >= 0.3 is 0 Å². The fraction of sp³-hybridized carbons (Fsp3) is 0.156. The number of pyridine rings is 1. The van der Waals surface area contributed by atoms with E-state index in [1.807, 2.05) is 4.68 Å². The number of fused-ring (bicyclic) bond motifs is 6. The normalized spacial score (nSPS) is 12.9. The molecule has 0 amide bonds. The van der Waals surface area contributed by atoms with Crippen LogP contribution >= 0.6 is 0 Å². The van der Waals surface area contributed by atoms with Crippen molar-refractivity contribution in [2.45, 2.75) is 32.7 Å². The number of nitrogens with zero attached hydrogens (tertiary/aromatic N) is 4. The molecule has 36 heavy (non-hydrogen) atoms. The third-order valence-electron chi connectivity index (χ3n) is 7.48. The highest BCUT2D eigenvalue weighted by molar-refractivity contribution is 6.13. The molecule has 0 radical (unpaired) electrons. The Kier molecular flexibility index (Phi) is 4.91. The lowest BCUT2D eigenvalue weighted by atomic mass is 9.96. The number of aromatic nitrogens is 4. The van der Waals surface area contributed by atoms with E-state index in [1.54, 1.807) is 0 Å². The molecular weight excluding hydrogens is 440 g/mol. The van der Waals surface area contributed by atoms with Gasteiger partial charge in [0.25, 0.3) is 0 Å². The van der Waals surface area contributed by atoms with Gasteiger partial charge in [-0.25, -0.2) is 4.68 Å². The van der Waals surface area contributed by atoms with Gasteiger partial charge in [-0.1, -0.05) is 78.0 Å². The number of rotatable bonds is 3. The van der Waals surface area contributed by atoms with Crippen LogP contribution in [-0.2, 0) is 19.4 Å². The highest BCUT2D eigenvalue weighted by Crippen LogP contribution is 2.35. The minimum absolute atomic E-state index is 0.659. The third kappa shape index (κ3) is 3.49. The fourth-order valence-corrected chi connectivity index (χ4v) is 5.66. The molecule has 1 aliphatic carbocycles. The van der Waals surface area contributed by atoms with E-state index in [0.717, 1.165) is 41.9 Å². The first-order valence-electron chi connectivity index (χ1n) is 12.6. The summed E-state index contributed by atoms with van der Waals surface area (Å²) in [6.07, 6.45) is 5.37. The van der Waals surface area contributed by atoms with Gasteiger partial charge in [-0.15, -0.1) is 5.10 Å². The maximum Gasteiger partial charge on any atom is 0.113 e. The van der Waals surface area contributed by atoms with E-state index in [9.17, 15) is 0 Å². The van der Waals surface area contributed by atoms with E-state index < -0.39 is 0 Å². The van der Waals surface area contributed by atoms with Crippen molar-refractivity contribution in [3.63, 3.8) is 0 Å². The van der Waals surface area contributed by atoms with Crippen molar-refractivity contribution in [3.8, 4) is 22.5 Å². The van der Waals surface area contributed by atoms with Crippen molar-refractivity contribution in [3.05, 3.63) is 114 Å². The van der Waals surface area contributed by atoms with Crippen LogP contribution in [0.15, 0.2) is 91.1 Å². The summed E-state index contributed by atoms with van der Waals surface area (Å²) in [6, 6.07) is 30.4. The molecule has 0 unspecified atom stereocenters. The van der Waals surface area contributed by atoms with Crippen molar-refractivity contribution in [2.75, 3.05) is 0 Å². The van der Waals surface area contributed by atoms with Crippen molar-refractivity contribution < 1.29 is 0 Å². The Morgan fingerprint density at radius 1 is 0.750 bits per heavy atom. The van der Waals surface area contributed by atoms with Crippen molar-refractivity contribution >= 4 is 21.5 Å². The zero-order valence-electron chi connectivity index (χ0n) is 20.3. The van der Waals surface area contributed by atoms with E-state index in [2.05, 4.69) is 108 Å². The second-order valence-corrected chi connectivity index (χ2v) is 9.74. The topological polar surface area (TPSA) is 43.6 Å². The maximum absolute atomic E-state index is 5.09. The van der Waals surface area contributed by atoms with Gasteiger partial charge in [0.05, 0.1) is 18.4 Å². The average molecular weight is 467 g/mol. The molecule has 6 aromatic rings. The van der Waals surface area contributed by atoms with Gasteiger partial charge in [0.15, 0.2) is 0 Å². The molecule has 7 rings (SSSR count). The molecule has 0 aliphatic heterocycles. The van der Waals surface area contributed by atoms with Gasteiger partial charge in [0.2, 0.25) is 0 Å². The largest absolute Gasteiger partial charge is 0.252 e. The van der Waals surface area contributed by atoms with E-state index in [0.29, 0.717) is 6.54 Å². The summed E-state index contributed by atoms with van der Waals surface area (Å²) in [5.41, 5.74) is 9.43.